The van der Waals surface area contributed by atoms with Gasteiger partial charge in [-0.15, -0.1) is 0 Å². The van der Waals surface area contributed by atoms with Crippen molar-refractivity contribution in [2.75, 3.05) is 13.1 Å². The third kappa shape index (κ3) is 6.33. The zero-order chi connectivity index (χ0) is 36.0. The summed E-state index contributed by atoms with van der Waals surface area (Å²) in [5.74, 6) is 22.6. The summed E-state index contributed by atoms with van der Waals surface area (Å²) in [6, 6.07) is 0. The fourth-order valence-electron chi connectivity index (χ4n) is 20.8. The van der Waals surface area contributed by atoms with Crippen LogP contribution in [-0.2, 0) is 0 Å². The molecular weight excluding hydrogens is 663 g/mol. The quantitative estimate of drug-likeness (QED) is 0.276. The van der Waals surface area contributed by atoms with Crippen LogP contribution in [0.4, 0.5) is 0 Å². The van der Waals surface area contributed by atoms with Crippen LogP contribution in [0.15, 0.2) is 23.8 Å². The predicted octanol–water partition coefficient (Wildman–Crippen LogP) is 13.7. The Morgan fingerprint density at radius 3 is 1.62 bits per heavy atom. The van der Waals surface area contributed by atoms with Crippen molar-refractivity contribution in [2.45, 2.75) is 173 Å². The van der Waals surface area contributed by atoms with E-state index in [4.69, 9.17) is 0 Å². The Kier molecular flexibility index (Phi) is 10.0. The maximum absolute atomic E-state index is 3.77. The van der Waals surface area contributed by atoms with Gasteiger partial charge >= 0.3 is 0 Å². The highest BCUT2D eigenvalue weighted by Gasteiger charge is 2.57. The van der Waals surface area contributed by atoms with Gasteiger partial charge in [-0.3, -0.25) is 0 Å². The van der Waals surface area contributed by atoms with E-state index in [1.165, 1.54) is 51.1 Å². The topological polar surface area (TPSA) is 12.0 Å². The Labute approximate surface area is 338 Å². The molecule has 0 spiro atoms. The van der Waals surface area contributed by atoms with Gasteiger partial charge in [0.05, 0.1) is 0 Å². The molecule has 12 aliphatic rings. The Bertz CT molecular complexity index is 1400. The van der Waals surface area contributed by atoms with E-state index >= 15 is 0 Å². The van der Waals surface area contributed by atoms with Crippen LogP contribution in [0.1, 0.15) is 173 Å². The van der Waals surface area contributed by atoms with Gasteiger partial charge in [0.1, 0.15) is 0 Å². The first kappa shape index (κ1) is 36.3. The minimum absolute atomic E-state index is 0.942. The van der Waals surface area contributed by atoms with Crippen LogP contribution in [-0.4, -0.2) is 13.1 Å². The molecular formula is C54H83N. The standard InChI is InChI=1S/C54H83N/c1-3-38-15-16-41-17-22-45(48-25-18-39(4-1)51(38)53(41)48)35-11-13-36(14-12-35)47-23-20-42(32-50(47)37-27-29-55-30-28-37)33-7-9-34(10-8-33)46-24-21-44-31-43-6-2-5-40-19-26-49(46)54(44)52(40)43/h2,6,20,33-41,43-55H,1,3-5,7-19,21-32H2. The Morgan fingerprint density at radius 1 is 0.382 bits per heavy atom. The third-order valence-electron chi connectivity index (χ3n) is 22.7. The molecule has 16 unspecified atom stereocenters. The molecule has 11 aliphatic carbocycles. The molecule has 1 N–H and O–H groups in total. The van der Waals surface area contributed by atoms with Gasteiger partial charge in [-0.25, -0.2) is 0 Å². The van der Waals surface area contributed by atoms with E-state index < -0.39 is 0 Å². The number of nitrogens with one attached hydrogen (secondary N) is 1. The number of hydrogen-bond acceptors (Lipinski definition) is 1. The van der Waals surface area contributed by atoms with Crippen LogP contribution in [0, 0.1) is 124 Å². The second-order valence-corrected chi connectivity index (χ2v) is 24.1. The molecule has 304 valence electrons. The average molecular weight is 746 g/mol. The van der Waals surface area contributed by atoms with Gasteiger partial charge in [-0.1, -0.05) is 43.1 Å². The van der Waals surface area contributed by atoms with Gasteiger partial charge in [0.25, 0.3) is 0 Å². The highest BCUT2D eigenvalue weighted by atomic mass is 14.9. The zero-order valence-electron chi connectivity index (χ0n) is 35.4. The molecule has 0 bridgehead atoms. The summed E-state index contributed by atoms with van der Waals surface area (Å²) < 4.78 is 0. The molecule has 1 aliphatic heterocycles. The summed E-state index contributed by atoms with van der Waals surface area (Å²) in [7, 11) is 0. The van der Waals surface area contributed by atoms with Gasteiger partial charge in [0.15, 0.2) is 0 Å². The van der Waals surface area contributed by atoms with E-state index in [1.807, 2.05) is 5.57 Å². The van der Waals surface area contributed by atoms with E-state index in [2.05, 4.69) is 23.5 Å². The van der Waals surface area contributed by atoms with Gasteiger partial charge in [-0.05, 0) is 291 Å². The molecule has 16 atom stereocenters. The third-order valence-corrected chi connectivity index (χ3v) is 22.7. The number of hydrogen-bond donors (Lipinski definition) is 1. The number of piperidine rings is 1. The van der Waals surface area contributed by atoms with Crippen LogP contribution in [0.2, 0.25) is 0 Å². The fraction of sp³-hybridized carbons (Fsp3) is 0.926. The van der Waals surface area contributed by atoms with Crippen LogP contribution < -0.4 is 5.32 Å². The van der Waals surface area contributed by atoms with Crippen molar-refractivity contribution in [3.8, 4) is 0 Å². The molecule has 0 aromatic heterocycles. The molecule has 0 radical (unpaired) electrons. The Hall–Kier alpha value is -0.560. The smallest absolute Gasteiger partial charge is 0.00462 e. The van der Waals surface area contributed by atoms with E-state index in [9.17, 15) is 0 Å². The van der Waals surface area contributed by atoms with Crippen LogP contribution in [0.25, 0.3) is 0 Å². The Morgan fingerprint density at radius 2 is 0.909 bits per heavy atom. The molecule has 1 saturated heterocycles. The monoisotopic (exact) mass is 746 g/mol. The lowest BCUT2D eigenvalue weighted by molar-refractivity contribution is -0.110. The first-order chi connectivity index (χ1) is 27.2. The minimum Gasteiger partial charge on any atom is -0.317 e. The van der Waals surface area contributed by atoms with Crippen molar-refractivity contribution in [3.63, 3.8) is 0 Å². The van der Waals surface area contributed by atoms with Crippen molar-refractivity contribution in [1.29, 1.82) is 0 Å². The molecule has 9 saturated carbocycles. The second kappa shape index (κ2) is 15.2. The number of rotatable bonds is 5. The van der Waals surface area contributed by atoms with Crippen molar-refractivity contribution >= 4 is 0 Å². The molecule has 0 aromatic rings. The number of allylic oxidation sites excluding steroid dienone is 4. The maximum Gasteiger partial charge on any atom is -0.00462 e. The van der Waals surface area contributed by atoms with Crippen LogP contribution in [0.3, 0.4) is 0 Å². The molecule has 0 aromatic carbocycles. The normalized spacial score (nSPS) is 54.9. The lowest BCUT2D eigenvalue weighted by atomic mass is 9.45. The summed E-state index contributed by atoms with van der Waals surface area (Å²) in [5, 5.41) is 3.77. The molecule has 1 nitrogen and oxygen atoms in total. The van der Waals surface area contributed by atoms with Crippen molar-refractivity contribution in [1.82, 2.24) is 5.32 Å². The first-order valence-electron chi connectivity index (χ1n) is 26.3. The summed E-state index contributed by atoms with van der Waals surface area (Å²) in [6.07, 6.45) is 50.7. The molecule has 1 heteroatoms. The molecule has 10 fully saturated rings. The maximum atomic E-state index is 3.77. The van der Waals surface area contributed by atoms with E-state index in [0.29, 0.717) is 0 Å². The first-order valence-corrected chi connectivity index (χ1v) is 26.3. The van der Waals surface area contributed by atoms with Crippen molar-refractivity contribution in [3.05, 3.63) is 23.8 Å². The van der Waals surface area contributed by atoms with Crippen LogP contribution >= 0.6 is 0 Å². The molecule has 12 rings (SSSR count). The van der Waals surface area contributed by atoms with Crippen molar-refractivity contribution < 1.29 is 0 Å². The molecule has 55 heavy (non-hydrogen) atoms. The van der Waals surface area contributed by atoms with E-state index in [1.54, 1.807) is 141 Å². The zero-order valence-corrected chi connectivity index (χ0v) is 35.4. The highest BCUT2D eigenvalue weighted by molar-refractivity contribution is 5.17. The lowest BCUT2D eigenvalue weighted by Crippen LogP contribution is -2.52. The summed E-state index contributed by atoms with van der Waals surface area (Å²) >= 11 is 0. The SMILES string of the molecule is C1=CC2CC3CCC(C4CCC(C5=CCC(C6CCC(C7CCC8CCC9CCCC%10CCC7C8C9%10)CC6)C(C6CCNCC6)C5)CC4)C4CCC(C1)C2C34. The second-order valence-electron chi connectivity index (χ2n) is 24.1. The lowest BCUT2D eigenvalue weighted by Gasteiger charge is -2.60. The predicted molar refractivity (Wildman–Crippen MR) is 228 cm³/mol. The molecule has 1 heterocycles. The summed E-state index contributed by atoms with van der Waals surface area (Å²) in [4.78, 5) is 0. The summed E-state index contributed by atoms with van der Waals surface area (Å²) in [6.45, 7) is 2.59. The van der Waals surface area contributed by atoms with Crippen LogP contribution in [0.5, 0.6) is 0 Å². The van der Waals surface area contributed by atoms with Gasteiger partial charge < -0.3 is 5.32 Å². The van der Waals surface area contributed by atoms with Gasteiger partial charge in [-0.2, -0.15) is 0 Å². The van der Waals surface area contributed by atoms with Crippen molar-refractivity contribution in [2.24, 2.45) is 124 Å². The Balaban J connectivity index is 0.695. The van der Waals surface area contributed by atoms with Gasteiger partial charge in [0.2, 0.25) is 0 Å². The van der Waals surface area contributed by atoms with E-state index in [-0.39, 0.29) is 0 Å². The fourth-order valence-corrected chi connectivity index (χ4v) is 20.8. The van der Waals surface area contributed by atoms with E-state index in [0.717, 1.165) is 118 Å². The average Bonchev–Trinajstić information content (AvgIpc) is 3.65. The minimum atomic E-state index is 0.942. The summed E-state index contributed by atoms with van der Waals surface area (Å²) in [5.41, 5.74) is 1.99. The largest absolute Gasteiger partial charge is 0.317 e. The molecule has 0 amide bonds. The van der Waals surface area contributed by atoms with Gasteiger partial charge in [0, 0.05) is 0 Å². The highest BCUT2D eigenvalue weighted by Crippen LogP contribution is 2.65.